The van der Waals surface area contributed by atoms with E-state index in [-0.39, 0.29) is 31.4 Å². The third kappa shape index (κ3) is 4.28. The van der Waals surface area contributed by atoms with E-state index >= 15 is 0 Å². The number of hydrogen-bond acceptors (Lipinski definition) is 5. The number of nitrogens with one attached hydrogen (secondary N) is 1. The summed E-state index contributed by atoms with van der Waals surface area (Å²) >= 11 is 0. The lowest BCUT2D eigenvalue weighted by atomic mass is 9.92. The number of halogens is 2. The Labute approximate surface area is 135 Å². The number of aromatic nitrogens is 2. The molecule has 0 amide bonds. The van der Waals surface area contributed by atoms with Gasteiger partial charge in [-0.15, -0.1) is 0 Å². The molecule has 2 unspecified atom stereocenters. The van der Waals surface area contributed by atoms with Crippen LogP contribution in [0.1, 0.15) is 38.5 Å². The number of piperidine rings is 1. The Balaban J connectivity index is 1.65. The average molecular weight is 326 g/mol. The maximum absolute atomic E-state index is 13.5. The number of aliphatic hydroxyl groups excluding tert-OH is 1. The molecule has 2 N–H and O–H groups in total. The molecule has 1 saturated heterocycles. The van der Waals surface area contributed by atoms with E-state index in [4.69, 9.17) is 0 Å². The van der Waals surface area contributed by atoms with Gasteiger partial charge in [-0.2, -0.15) is 0 Å². The molecule has 1 aliphatic carbocycles. The van der Waals surface area contributed by atoms with Crippen molar-refractivity contribution in [1.29, 1.82) is 0 Å². The van der Waals surface area contributed by atoms with E-state index < -0.39 is 5.92 Å². The lowest BCUT2D eigenvalue weighted by Gasteiger charge is -2.33. The van der Waals surface area contributed by atoms with E-state index in [1.54, 1.807) is 0 Å². The van der Waals surface area contributed by atoms with Crippen LogP contribution in [0.2, 0.25) is 0 Å². The van der Waals surface area contributed by atoms with Crippen molar-refractivity contribution in [2.75, 3.05) is 29.9 Å². The summed E-state index contributed by atoms with van der Waals surface area (Å²) in [5.74, 6) is -0.910. The smallest absolute Gasteiger partial charge is 0.250 e. The van der Waals surface area contributed by atoms with Crippen molar-refractivity contribution in [3.8, 4) is 0 Å². The molecule has 0 radical (unpaired) electrons. The van der Waals surface area contributed by atoms with Crippen LogP contribution in [0, 0.1) is 5.92 Å². The van der Waals surface area contributed by atoms with Gasteiger partial charge in [0.2, 0.25) is 5.92 Å². The Kier molecular flexibility index (Phi) is 4.94. The fourth-order valence-electron chi connectivity index (χ4n) is 3.53. The first-order chi connectivity index (χ1) is 11.1. The van der Waals surface area contributed by atoms with Crippen molar-refractivity contribution in [3.63, 3.8) is 0 Å². The molecule has 23 heavy (non-hydrogen) atoms. The molecule has 0 spiro atoms. The molecular weight excluding hydrogens is 302 g/mol. The average Bonchev–Trinajstić information content (AvgIpc) is 2.54. The molecular formula is C16H24F2N4O. The molecule has 128 valence electrons. The number of hydrogen-bond donors (Lipinski definition) is 2. The van der Waals surface area contributed by atoms with Crippen molar-refractivity contribution in [1.82, 2.24) is 9.97 Å². The maximum Gasteiger partial charge on any atom is 0.250 e. The van der Waals surface area contributed by atoms with E-state index in [0.29, 0.717) is 12.2 Å². The molecule has 5 nitrogen and oxygen atoms in total. The fraction of sp³-hybridized carbons (Fsp3) is 0.750. The minimum absolute atomic E-state index is 0.0173. The van der Waals surface area contributed by atoms with Gasteiger partial charge in [-0.3, -0.25) is 0 Å². The summed E-state index contributed by atoms with van der Waals surface area (Å²) in [4.78, 5) is 10.6. The summed E-state index contributed by atoms with van der Waals surface area (Å²) < 4.78 is 27.0. The Hall–Kier alpha value is -1.50. The number of aliphatic hydroxyl groups is 1. The molecule has 7 heteroatoms. The van der Waals surface area contributed by atoms with Gasteiger partial charge in [0.05, 0.1) is 0 Å². The van der Waals surface area contributed by atoms with E-state index in [9.17, 15) is 13.9 Å². The molecule has 1 saturated carbocycles. The van der Waals surface area contributed by atoms with Crippen LogP contribution in [0.15, 0.2) is 12.4 Å². The van der Waals surface area contributed by atoms with Crippen LogP contribution in [0.25, 0.3) is 0 Å². The van der Waals surface area contributed by atoms with Crippen LogP contribution >= 0.6 is 0 Å². The van der Waals surface area contributed by atoms with Gasteiger partial charge in [-0.25, -0.2) is 18.7 Å². The van der Waals surface area contributed by atoms with Crippen LogP contribution in [0.5, 0.6) is 0 Å². The van der Waals surface area contributed by atoms with Crippen molar-refractivity contribution in [2.24, 2.45) is 5.92 Å². The Morgan fingerprint density at radius 3 is 2.96 bits per heavy atom. The standard InChI is InChI=1S/C16H24F2N4O/c17-16(18)5-1-4-13(8-16)21-14-7-15(20-11-19-14)22-6-2-3-12(9-22)10-23/h7,11-13,23H,1-6,8-10H2,(H,19,20,21). The van der Waals surface area contributed by atoms with Crippen LogP contribution in [0.3, 0.4) is 0 Å². The highest BCUT2D eigenvalue weighted by Gasteiger charge is 2.36. The van der Waals surface area contributed by atoms with Crippen LogP contribution in [-0.2, 0) is 0 Å². The monoisotopic (exact) mass is 326 g/mol. The summed E-state index contributed by atoms with van der Waals surface area (Å²) in [7, 11) is 0. The molecule has 2 fully saturated rings. The Morgan fingerprint density at radius 1 is 1.30 bits per heavy atom. The third-order valence-corrected chi connectivity index (χ3v) is 4.75. The summed E-state index contributed by atoms with van der Waals surface area (Å²) in [6.45, 7) is 1.85. The van der Waals surface area contributed by atoms with Crippen LogP contribution < -0.4 is 10.2 Å². The molecule has 0 aromatic carbocycles. The Morgan fingerprint density at radius 2 is 2.17 bits per heavy atom. The molecule has 2 atom stereocenters. The zero-order valence-corrected chi connectivity index (χ0v) is 13.2. The van der Waals surface area contributed by atoms with E-state index in [1.165, 1.54) is 6.33 Å². The molecule has 1 aromatic rings. The zero-order valence-electron chi connectivity index (χ0n) is 13.2. The van der Waals surface area contributed by atoms with Gasteiger partial charge in [0.25, 0.3) is 0 Å². The van der Waals surface area contributed by atoms with Gasteiger partial charge in [0, 0.05) is 44.6 Å². The van der Waals surface area contributed by atoms with Gasteiger partial charge >= 0.3 is 0 Å². The second kappa shape index (κ2) is 6.95. The third-order valence-electron chi connectivity index (χ3n) is 4.75. The first kappa shape index (κ1) is 16.4. The highest BCUT2D eigenvalue weighted by Crippen LogP contribution is 2.34. The van der Waals surface area contributed by atoms with Gasteiger partial charge in [0.15, 0.2) is 0 Å². The molecule has 2 heterocycles. The molecule has 3 rings (SSSR count). The summed E-state index contributed by atoms with van der Waals surface area (Å²) in [6, 6.07) is 1.58. The van der Waals surface area contributed by atoms with Crippen LogP contribution in [0.4, 0.5) is 20.4 Å². The first-order valence-corrected chi connectivity index (χ1v) is 8.38. The van der Waals surface area contributed by atoms with Gasteiger partial charge in [0.1, 0.15) is 18.0 Å². The zero-order chi connectivity index (χ0) is 16.3. The van der Waals surface area contributed by atoms with Crippen LogP contribution in [-0.4, -0.2) is 46.7 Å². The quantitative estimate of drug-likeness (QED) is 0.891. The fourth-order valence-corrected chi connectivity index (χ4v) is 3.53. The van der Waals surface area contributed by atoms with Gasteiger partial charge in [-0.05, 0) is 31.6 Å². The second-order valence-electron chi connectivity index (χ2n) is 6.69. The van der Waals surface area contributed by atoms with E-state index in [0.717, 1.165) is 38.2 Å². The largest absolute Gasteiger partial charge is 0.396 e. The molecule has 0 bridgehead atoms. The normalized spacial score (nSPS) is 27.7. The first-order valence-electron chi connectivity index (χ1n) is 8.38. The summed E-state index contributed by atoms with van der Waals surface area (Å²) in [6.07, 6.45) is 4.64. The maximum atomic E-state index is 13.5. The minimum Gasteiger partial charge on any atom is -0.396 e. The summed E-state index contributed by atoms with van der Waals surface area (Å²) in [5, 5.41) is 12.5. The van der Waals surface area contributed by atoms with Gasteiger partial charge < -0.3 is 15.3 Å². The van der Waals surface area contributed by atoms with Crippen molar-refractivity contribution >= 4 is 11.6 Å². The van der Waals surface area contributed by atoms with Crippen molar-refractivity contribution in [2.45, 2.75) is 50.5 Å². The van der Waals surface area contributed by atoms with E-state index in [2.05, 4.69) is 20.2 Å². The number of alkyl halides is 2. The SMILES string of the molecule is OCC1CCCN(c2cc(NC3CCCC(F)(F)C3)ncn2)C1. The highest BCUT2D eigenvalue weighted by molar-refractivity contribution is 5.49. The lowest BCUT2D eigenvalue weighted by molar-refractivity contribution is -0.0373. The molecule has 2 aliphatic rings. The topological polar surface area (TPSA) is 61.3 Å². The number of anilines is 2. The molecule has 1 aliphatic heterocycles. The predicted molar refractivity (Wildman–Crippen MR) is 84.9 cm³/mol. The van der Waals surface area contributed by atoms with Gasteiger partial charge in [-0.1, -0.05) is 0 Å². The highest BCUT2D eigenvalue weighted by atomic mass is 19.3. The summed E-state index contributed by atoms with van der Waals surface area (Å²) in [5.41, 5.74) is 0. The second-order valence-corrected chi connectivity index (χ2v) is 6.69. The lowest BCUT2D eigenvalue weighted by Crippen LogP contribution is -2.37. The number of rotatable bonds is 4. The van der Waals surface area contributed by atoms with E-state index in [1.807, 2.05) is 6.07 Å². The minimum atomic E-state index is -2.58. The Bertz CT molecular complexity index is 529. The van der Waals surface area contributed by atoms with Crippen molar-refractivity contribution in [3.05, 3.63) is 12.4 Å². The molecule has 1 aromatic heterocycles. The number of nitrogens with zero attached hydrogens (tertiary/aromatic N) is 3. The predicted octanol–water partition coefficient (Wildman–Crippen LogP) is 2.68. The van der Waals surface area contributed by atoms with Crippen molar-refractivity contribution < 1.29 is 13.9 Å².